The largest absolute Gasteiger partial charge is 0.508 e. The van der Waals surface area contributed by atoms with Gasteiger partial charge in [0.15, 0.2) is 0 Å². The van der Waals surface area contributed by atoms with E-state index in [1.165, 1.54) is 104 Å². The first-order valence-electron chi connectivity index (χ1n) is 13.1. The second-order valence-electron chi connectivity index (χ2n) is 9.17. The van der Waals surface area contributed by atoms with E-state index in [0.717, 1.165) is 0 Å². The van der Waals surface area contributed by atoms with Crippen LogP contribution in [0.3, 0.4) is 0 Å². The maximum Gasteiger partial charge on any atom is 0.331 e. The van der Waals surface area contributed by atoms with Gasteiger partial charge in [0.25, 0.3) is 0 Å². The summed E-state index contributed by atoms with van der Waals surface area (Å²) in [6.07, 6.45) is 0. The van der Waals surface area contributed by atoms with Crippen molar-refractivity contribution in [2.75, 3.05) is 20.3 Å². The molecule has 5 aromatic rings. The molecule has 0 radical (unpaired) electrons. The maximum atomic E-state index is 12.9. The first kappa shape index (κ1) is 31.2. The summed E-state index contributed by atoms with van der Waals surface area (Å²) in [5, 5.41) is 18.9. The Balaban J connectivity index is 1.35. The molecule has 4 aromatic carbocycles. The minimum atomic E-state index is -3.84. The third kappa shape index (κ3) is 7.46. The van der Waals surface area contributed by atoms with Crippen molar-refractivity contribution in [1.82, 2.24) is 15.0 Å². The van der Waals surface area contributed by atoms with Crippen molar-refractivity contribution in [3.8, 4) is 41.0 Å². The van der Waals surface area contributed by atoms with Crippen molar-refractivity contribution in [1.29, 1.82) is 0 Å². The average Bonchev–Trinajstić information content (AvgIpc) is 3.02. The molecule has 2 N–H and O–H groups in total. The molecule has 0 atom stereocenters. The van der Waals surface area contributed by atoms with Crippen molar-refractivity contribution in [3.05, 3.63) is 97.1 Å². The van der Waals surface area contributed by atoms with E-state index in [2.05, 4.69) is 15.0 Å². The Hall–Kier alpha value is -5.25. The maximum absolute atomic E-state index is 12.9. The number of hydrogen-bond acceptors (Lipinski definition) is 13. The molecule has 0 aliphatic heterocycles. The van der Waals surface area contributed by atoms with Crippen LogP contribution in [0.15, 0.2) is 117 Å². The second kappa shape index (κ2) is 13.2. The summed E-state index contributed by atoms with van der Waals surface area (Å²) in [6.45, 7) is 0.346. The Morgan fingerprint density at radius 2 is 0.844 bits per heavy atom. The quantitative estimate of drug-likeness (QED) is 0.179. The zero-order valence-electron chi connectivity index (χ0n) is 23.5. The van der Waals surface area contributed by atoms with Crippen LogP contribution in [0, 0.1) is 0 Å². The molecule has 232 valence electrons. The van der Waals surface area contributed by atoms with E-state index in [4.69, 9.17) is 18.9 Å². The predicted molar refractivity (Wildman–Crippen MR) is 157 cm³/mol. The molecule has 0 spiro atoms. The monoisotopic (exact) mass is 651 g/mol. The van der Waals surface area contributed by atoms with Gasteiger partial charge in [-0.3, -0.25) is 0 Å². The Morgan fingerprint density at radius 1 is 0.511 bits per heavy atom. The van der Waals surface area contributed by atoms with Crippen molar-refractivity contribution in [3.63, 3.8) is 0 Å². The van der Waals surface area contributed by atoms with Crippen LogP contribution >= 0.6 is 0 Å². The highest BCUT2D eigenvalue weighted by atomic mass is 32.2. The number of benzene rings is 4. The number of rotatable bonds is 12. The molecular formula is C30H25N3O10S2. The summed E-state index contributed by atoms with van der Waals surface area (Å²) < 4.78 is 73.6. The minimum absolute atomic E-state index is 0.000306. The Labute approximate surface area is 258 Å². The van der Waals surface area contributed by atoms with Crippen LogP contribution in [0.5, 0.6) is 41.0 Å². The number of phenolic OH excluding ortho intramolecular Hbond substituents is 2. The fourth-order valence-electron chi connectivity index (χ4n) is 3.80. The Kier molecular flexibility index (Phi) is 9.13. The molecule has 0 fully saturated rings. The van der Waals surface area contributed by atoms with Crippen LogP contribution in [0.4, 0.5) is 0 Å². The van der Waals surface area contributed by atoms with Gasteiger partial charge in [0.2, 0.25) is 19.7 Å². The first-order valence-corrected chi connectivity index (χ1v) is 16.0. The second-order valence-corrected chi connectivity index (χ2v) is 13.1. The summed E-state index contributed by atoms with van der Waals surface area (Å²) in [7, 11) is -6.19. The Morgan fingerprint density at radius 3 is 1.20 bits per heavy atom. The molecule has 0 saturated carbocycles. The Bertz CT molecular complexity index is 1850. The molecule has 1 heterocycles. The summed E-state index contributed by atoms with van der Waals surface area (Å²) in [5.74, 6) is 0.283. The molecule has 0 saturated heterocycles. The summed E-state index contributed by atoms with van der Waals surface area (Å²) in [5.41, 5.74) is 0. The lowest BCUT2D eigenvalue weighted by Gasteiger charge is -2.11. The predicted octanol–water partition coefficient (Wildman–Crippen LogP) is 4.56. The fraction of sp³-hybridized carbons (Fsp3) is 0.100. The van der Waals surface area contributed by atoms with Crippen LogP contribution in [0.1, 0.15) is 0 Å². The number of nitrogens with zero attached hydrogens (tertiary/aromatic N) is 3. The molecule has 0 aliphatic carbocycles. The fourth-order valence-corrected chi connectivity index (χ4v) is 6.32. The zero-order chi connectivity index (χ0) is 32.0. The van der Waals surface area contributed by atoms with Gasteiger partial charge in [-0.05, 0) is 97.1 Å². The van der Waals surface area contributed by atoms with E-state index in [1.54, 1.807) is 0 Å². The number of phenols is 2. The normalized spacial score (nSPS) is 11.6. The number of aromatic hydroxyl groups is 2. The number of sulfone groups is 2. The van der Waals surface area contributed by atoms with Crippen LogP contribution in [-0.4, -0.2) is 62.3 Å². The number of aromatic nitrogens is 3. The van der Waals surface area contributed by atoms with Gasteiger partial charge in [0.1, 0.15) is 29.6 Å². The van der Waals surface area contributed by atoms with E-state index >= 15 is 0 Å². The van der Waals surface area contributed by atoms with Crippen LogP contribution in [-0.2, 0) is 24.4 Å². The van der Waals surface area contributed by atoms with Crippen molar-refractivity contribution in [2.24, 2.45) is 0 Å². The lowest BCUT2D eigenvalue weighted by atomic mass is 10.3. The number of methoxy groups -OCH3 is 1. The van der Waals surface area contributed by atoms with Gasteiger partial charge in [0.05, 0.1) is 26.2 Å². The van der Waals surface area contributed by atoms with Gasteiger partial charge in [-0.2, -0.15) is 0 Å². The van der Waals surface area contributed by atoms with Crippen molar-refractivity contribution >= 4 is 19.7 Å². The highest BCUT2D eigenvalue weighted by molar-refractivity contribution is 7.91. The summed E-state index contributed by atoms with van der Waals surface area (Å²) >= 11 is 0. The van der Waals surface area contributed by atoms with Crippen LogP contribution in [0.2, 0.25) is 0 Å². The minimum Gasteiger partial charge on any atom is -0.508 e. The van der Waals surface area contributed by atoms with E-state index in [1.807, 2.05) is 0 Å². The molecule has 45 heavy (non-hydrogen) atoms. The molecule has 13 nitrogen and oxygen atoms in total. The van der Waals surface area contributed by atoms with Crippen molar-refractivity contribution in [2.45, 2.75) is 19.6 Å². The smallest absolute Gasteiger partial charge is 0.331 e. The van der Waals surface area contributed by atoms with E-state index in [9.17, 15) is 27.0 Å². The third-order valence-corrected chi connectivity index (χ3v) is 9.64. The standard InChI is InChI=1S/C30H25N3O10S2/c1-40-18-19-41-28-31-29(42-22-6-14-26(15-7-22)44(36,37)24-10-2-20(34)3-11-24)33-30(32-28)43-23-8-16-27(17-9-23)45(38,39)25-12-4-21(35)5-13-25/h2-17,34-35H,18-19H2,1H3. The average molecular weight is 652 g/mol. The summed E-state index contributed by atoms with van der Waals surface area (Å²) in [6, 6.07) is 20.8. The lowest BCUT2D eigenvalue weighted by molar-refractivity contribution is 0.139. The lowest BCUT2D eigenvalue weighted by Crippen LogP contribution is -2.08. The molecule has 0 aliphatic rings. The molecule has 0 unspecified atom stereocenters. The molecule has 5 rings (SSSR count). The number of ether oxygens (including phenoxy) is 4. The molecule has 15 heteroatoms. The van der Waals surface area contributed by atoms with Gasteiger partial charge < -0.3 is 29.2 Å². The van der Waals surface area contributed by atoms with E-state index in [-0.39, 0.29) is 73.8 Å². The van der Waals surface area contributed by atoms with Gasteiger partial charge in [-0.1, -0.05) is 0 Å². The zero-order valence-corrected chi connectivity index (χ0v) is 25.1. The van der Waals surface area contributed by atoms with Crippen LogP contribution < -0.4 is 14.2 Å². The molecule has 0 amide bonds. The van der Waals surface area contributed by atoms with E-state index < -0.39 is 19.7 Å². The van der Waals surface area contributed by atoms with Crippen molar-refractivity contribution < 1.29 is 46.0 Å². The van der Waals surface area contributed by atoms with Gasteiger partial charge in [-0.15, -0.1) is 15.0 Å². The van der Waals surface area contributed by atoms with Gasteiger partial charge >= 0.3 is 18.0 Å². The van der Waals surface area contributed by atoms with Gasteiger partial charge in [-0.25, -0.2) is 16.8 Å². The topological polar surface area (TPSA) is 184 Å². The molecule has 1 aromatic heterocycles. The highest BCUT2D eigenvalue weighted by Crippen LogP contribution is 2.29. The number of hydrogen-bond donors (Lipinski definition) is 2. The van der Waals surface area contributed by atoms with Crippen LogP contribution in [0.25, 0.3) is 0 Å². The summed E-state index contributed by atoms with van der Waals surface area (Å²) in [4.78, 5) is 12.4. The first-order chi connectivity index (χ1) is 21.5. The molecular weight excluding hydrogens is 626 g/mol. The third-order valence-electron chi connectivity index (χ3n) is 6.07. The van der Waals surface area contributed by atoms with Gasteiger partial charge in [0, 0.05) is 7.11 Å². The van der Waals surface area contributed by atoms with E-state index in [0.29, 0.717) is 0 Å². The SMILES string of the molecule is COCCOc1nc(Oc2ccc(S(=O)(=O)c3ccc(O)cc3)cc2)nc(Oc2ccc(S(=O)(=O)c3ccc(O)cc3)cc2)n1. The highest BCUT2D eigenvalue weighted by Gasteiger charge is 2.20. The molecule has 0 bridgehead atoms.